The lowest BCUT2D eigenvalue weighted by molar-refractivity contribution is -0.120. The Kier molecular flexibility index (Phi) is 6.01. The maximum atomic E-state index is 12.4. The van der Waals surface area contributed by atoms with Crippen LogP contribution in [-0.4, -0.2) is 31.2 Å². The number of methoxy groups -OCH3 is 2. The van der Waals surface area contributed by atoms with Gasteiger partial charge in [0.2, 0.25) is 5.91 Å². The first kappa shape index (κ1) is 18.8. The molecule has 1 heterocycles. The maximum Gasteiger partial charge on any atom is 0.224 e. The molecule has 0 saturated carbocycles. The van der Waals surface area contributed by atoms with Crippen molar-refractivity contribution in [1.29, 1.82) is 0 Å². The number of hydrogen-bond donors (Lipinski definition) is 1. The van der Waals surface area contributed by atoms with Crippen LogP contribution in [0, 0.1) is 0 Å². The average molecular weight is 366 g/mol. The van der Waals surface area contributed by atoms with Gasteiger partial charge in [-0.15, -0.1) is 0 Å². The summed E-state index contributed by atoms with van der Waals surface area (Å²) in [7, 11) is 3.24. The Morgan fingerprint density at radius 3 is 2.59 bits per heavy atom. The molecule has 0 unspecified atom stereocenters. The van der Waals surface area contributed by atoms with Crippen molar-refractivity contribution in [3.8, 4) is 11.5 Å². The van der Waals surface area contributed by atoms with Crippen molar-refractivity contribution in [2.45, 2.75) is 26.3 Å². The number of aryl methyl sites for hydroxylation is 1. The number of carbonyl (C=O) groups excluding carboxylic acids is 1. The molecule has 5 heteroatoms. The summed E-state index contributed by atoms with van der Waals surface area (Å²) < 4.78 is 12.8. The summed E-state index contributed by atoms with van der Waals surface area (Å²) in [6.07, 6.45) is 3.21. The molecule has 0 aliphatic heterocycles. The molecule has 0 fully saturated rings. The van der Waals surface area contributed by atoms with Crippen LogP contribution >= 0.6 is 0 Å². The lowest BCUT2D eigenvalue weighted by Gasteiger charge is -2.10. The normalized spacial score (nSPS) is 10.8. The van der Waals surface area contributed by atoms with Gasteiger partial charge < -0.3 is 19.4 Å². The molecule has 0 spiro atoms. The second-order valence-electron chi connectivity index (χ2n) is 6.42. The summed E-state index contributed by atoms with van der Waals surface area (Å²) in [5, 5.41) is 4.17. The standard InChI is InChI=1S/C22H26N2O3/c1-4-24-15-17(18-7-5-6-8-19(18)24)14-22(25)23-12-11-16-9-10-20(26-2)21(13-16)27-3/h5-10,13,15H,4,11-12,14H2,1-3H3,(H,23,25). The monoisotopic (exact) mass is 366 g/mol. The second kappa shape index (κ2) is 8.62. The fraction of sp³-hybridized carbons (Fsp3) is 0.318. The van der Waals surface area contributed by atoms with Gasteiger partial charge in [0, 0.05) is 30.2 Å². The van der Waals surface area contributed by atoms with Gasteiger partial charge in [0.15, 0.2) is 11.5 Å². The molecule has 0 aliphatic carbocycles. The molecule has 1 aromatic heterocycles. The van der Waals surface area contributed by atoms with Gasteiger partial charge in [0.05, 0.1) is 20.6 Å². The number of fused-ring (bicyclic) bond motifs is 1. The first-order valence-corrected chi connectivity index (χ1v) is 9.20. The van der Waals surface area contributed by atoms with Crippen molar-refractivity contribution in [1.82, 2.24) is 9.88 Å². The predicted octanol–water partition coefficient (Wildman–Crippen LogP) is 3.58. The summed E-state index contributed by atoms with van der Waals surface area (Å²) in [5.41, 5.74) is 3.33. The number of rotatable bonds is 8. The SMILES string of the molecule is CCn1cc(CC(=O)NCCc2ccc(OC)c(OC)c2)c2ccccc21. The lowest BCUT2D eigenvalue weighted by Crippen LogP contribution is -2.27. The Balaban J connectivity index is 1.59. The lowest BCUT2D eigenvalue weighted by atomic mass is 10.1. The van der Waals surface area contributed by atoms with Gasteiger partial charge in [-0.25, -0.2) is 0 Å². The second-order valence-corrected chi connectivity index (χ2v) is 6.42. The van der Waals surface area contributed by atoms with Crippen LogP contribution in [0.25, 0.3) is 10.9 Å². The van der Waals surface area contributed by atoms with Crippen LogP contribution in [0.15, 0.2) is 48.7 Å². The minimum Gasteiger partial charge on any atom is -0.493 e. The highest BCUT2D eigenvalue weighted by Gasteiger charge is 2.11. The van der Waals surface area contributed by atoms with E-state index in [1.807, 2.05) is 30.3 Å². The molecule has 3 rings (SSSR count). The van der Waals surface area contributed by atoms with E-state index >= 15 is 0 Å². The molecule has 0 radical (unpaired) electrons. The van der Waals surface area contributed by atoms with E-state index in [-0.39, 0.29) is 5.91 Å². The van der Waals surface area contributed by atoms with Crippen LogP contribution < -0.4 is 14.8 Å². The molecule has 0 aliphatic rings. The van der Waals surface area contributed by atoms with Crippen molar-refractivity contribution in [3.63, 3.8) is 0 Å². The van der Waals surface area contributed by atoms with Crippen molar-refractivity contribution in [2.75, 3.05) is 20.8 Å². The van der Waals surface area contributed by atoms with E-state index in [0.717, 1.165) is 29.5 Å². The number of hydrogen-bond acceptors (Lipinski definition) is 3. The minimum atomic E-state index is 0.0366. The number of aromatic nitrogens is 1. The van der Waals surface area contributed by atoms with Gasteiger partial charge in [0.1, 0.15) is 0 Å². The van der Waals surface area contributed by atoms with Crippen LogP contribution in [0.4, 0.5) is 0 Å². The van der Waals surface area contributed by atoms with Crippen molar-refractivity contribution in [2.24, 2.45) is 0 Å². The molecule has 0 atom stereocenters. The zero-order chi connectivity index (χ0) is 19.2. The largest absolute Gasteiger partial charge is 0.493 e. The highest BCUT2D eigenvalue weighted by molar-refractivity contribution is 5.89. The zero-order valence-electron chi connectivity index (χ0n) is 16.1. The summed E-state index contributed by atoms with van der Waals surface area (Å²) in [6.45, 7) is 3.58. The summed E-state index contributed by atoms with van der Waals surface area (Å²) in [4.78, 5) is 12.4. The van der Waals surface area contributed by atoms with Crippen molar-refractivity contribution < 1.29 is 14.3 Å². The van der Waals surface area contributed by atoms with E-state index in [4.69, 9.17) is 9.47 Å². The van der Waals surface area contributed by atoms with Crippen LogP contribution in [0.3, 0.4) is 0 Å². The Hall–Kier alpha value is -2.95. The molecular formula is C22H26N2O3. The highest BCUT2D eigenvalue weighted by Crippen LogP contribution is 2.27. The Labute approximate surface area is 159 Å². The third-order valence-electron chi connectivity index (χ3n) is 4.75. The van der Waals surface area contributed by atoms with Gasteiger partial charge in [-0.05, 0) is 42.7 Å². The fourth-order valence-corrected chi connectivity index (χ4v) is 3.34. The number of para-hydroxylation sites is 1. The van der Waals surface area contributed by atoms with E-state index in [0.29, 0.717) is 24.5 Å². The first-order chi connectivity index (χ1) is 13.2. The van der Waals surface area contributed by atoms with Crippen LogP contribution in [0.1, 0.15) is 18.1 Å². The Morgan fingerprint density at radius 2 is 1.85 bits per heavy atom. The Morgan fingerprint density at radius 1 is 1.07 bits per heavy atom. The van der Waals surface area contributed by atoms with Crippen molar-refractivity contribution >= 4 is 16.8 Å². The molecule has 3 aromatic rings. The minimum absolute atomic E-state index is 0.0366. The third-order valence-corrected chi connectivity index (χ3v) is 4.75. The van der Waals surface area contributed by atoms with Gasteiger partial charge in [0.25, 0.3) is 0 Å². The summed E-state index contributed by atoms with van der Waals surface area (Å²) in [5.74, 6) is 1.45. The molecule has 5 nitrogen and oxygen atoms in total. The smallest absolute Gasteiger partial charge is 0.224 e. The zero-order valence-corrected chi connectivity index (χ0v) is 16.1. The number of nitrogens with zero attached hydrogens (tertiary/aromatic N) is 1. The maximum absolute atomic E-state index is 12.4. The van der Waals surface area contributed by atoms with Gasteiger partial charge in [-0.3, -0.25) is 4.79 Å². The van der Waals surface area contributed by atoms with Gasteiger partial charge in [-0.2, -0.15) is 0 Å². The van der Waals surface area contributed by atoms with Crippen LogP contribution in [0.2, 0.25) is 0 Å². The number of amides is 1. The van der Waals surface area contributed by atoms with Gasteiger partial charge in [-0.1, -0.05) is 24.3 Å². The molecule has 2 aromatic carbocycles. The first-order valence-electron chi connectivity index (χ1n) is 9.20. The molecular weight excluding hydrogens is 340 g/mol. The molecule has 142 valence electrons. The fourth-order valence-electron chi connectivity index (χ4n) is 3.34. The summed E-state index contributed by atoms with van der Waals surface area (Å²) in [6, 6.07) is 14.0. The van der Waals surface area contributed by atoms with Crippen molar-refractivity contribution in [3.05, 3.63) is 59.8 Å². The third kappa shape index (κ3) is 4.25. The van der Waals surface area contributed by atoms with E-state index in [1.165, 1.54) is 5.52 Å². The topological polar surface area (TPSA) is 52.5 Å². The van der Waals surface area contributed by atoms with E-state index < -0.39 is 0 Å². The summed E-state index contributed by atoms with van der Waals surface area (Å²) >= 11 is 0. The number of carbonyl (C=O) groups is 1. The van der Waals surface area contributed by atoms with E-state index in [9.17, 15) is 4.79 Å². The van der Waals surface area contributed by atoms with Gasteiger partial charge >= 0.3 is 0 Å². The number of benzene rings is 2. The number of ether oxygens (including phenoxy) is 2. The van der Waals surface area contributed by atoms with E-state index in [2.05, 4.69) is 35.1 Å². The Bertz CT molecular complexity index is 930. The predicted molar refractivity (Wildman–Crippen MR) is 108 cm³/mol. The van der Waals surface area contributed by atoms with E-state index in [1.54, 1.807) is 14.2 Å². The molecule has 27 heavy (non-hydrogen) atoms. The van der Waals surface area contributed by atoms with Crippen LogP contribution in [0.5, 0.6) is 11.5 Å². The number of nitrogens with one attached hydrogen (secondary N) is 1. The average Bonchev–Trinajstić information content (AvgIpc) is 3.05. The quantitative estimate of drug-likeness (QED) is 0.663. The molecule has 1 N–H and O–H groups in total. The molecule has 1 amide bonds. The van der Waals surface area contributed by atoms with Crippen LogP contribution in [-0.2, 0) is 24.2 Å². The molecule has 0 saturated heterocycles. The molecule has 0 bridgehead atoms. The highest BCUT2D eigenvalue weighted by atomic mass is 16.5.